The van der Waals surface area contributed by atoms with E-state index in [1.165, 1.54) is 32.1 Å². The second kappa shape index (κ2) is 10.0. The van der Waals surface area contributed by atoms with Gasteiger partial charge >= 0.3 is 0 Å². The molecule has 124 valence electrons. The van der Waals surface area contributed by atoms with E-state index in [-0.39, 0.29) is 6.61 Å². The van der Waals surface area contributed by atoms with Crippen LogP contribution in [0.3, 0.4) is 0 Å². The lowest BCUT2D eigenvalue weighted by Crippen LogP contribution is -1.97. The largest absolute Gasteiger partial charge is 0.494 e. The van der Waals surface area contributed by atoms with Gasteiger partial charge in [0.25, 0.3) is 0 Å². The van der Waals surface area contributed by atoms with E-state index in [4.69, 9.17) is 9.84 Å². The summed E-state index contributed by atoms with van der Waals surface area (Å²) in [7, 11) is 0. The third kappa shape index (κ3) is 6.03. The highest BCUT2D eigenvalue weighted by molar-refractivity contribution is 5.60. The van der Waals surface area contributed by atoms with Crippen molar-refractivity contribution in [3.8, 4) is 17.0 Å². The van der Waals surface area contributed by atoms with Crippen molar-refractivity contribution in [1.82, 2.24) is 4.98 Å². The number of unbranched alkanes of at least 4 members (excludes halogenated alkanes) is 5. The predicted molar refractivity (Wildman–Crippen MR) is 94.5 cm³/mol. The van der Waals surface area contributed by atoms with Crippen LogP contribution in [-0.2, 0) is 6.61 Å². The van der Waals surface area contributed by atoms with Gasteiger partial charge in [-0.25, -0.2) is 0 Å². The van der Waals surface area contributed by atoms with Crippen LogP contribution in [0.2, 0.25) is 0 Å². The van der Waals surface area contributed by atoms with E-state index >= 15 is 0 Å². The first-order chi connectivity index (χ1) is 11.3. The van der Waals surface area contributed by atoms with Gasteiger partial charge in [-0.3, -0.25) is 4.98 Å². The number of hydrogen-bond acceptors (Lipinski definition) is 3. The highest BCUT2D eigenvalue weighted by atomic mass is 16.5. The summed E-state index contributed by atoms with van der Waals surface area (Å²) in [5, 5.41) is 9.04. The van der Waals surface area contributed by atoms with E-state index < -0.39 is 0 Å². The summed E-state index contributed by atoms with van der Waals surface area (Å²) in [4.78, 5) is 4.36. The summed E-state index contributed by atoms with van der Waals surface area (Å²) in [5.41, 5.74) is 2.79. The zero-order valence-electron chi connectivity index (χ0n) is 14.0. The van der Waals surface area contributed by atoms with Crippen LogP contribution in [0.1, 0.15) is 51.0 Å². The third-order valence-electron chi connectivity index (χ3n) is 3.92. The molecule has 0 atom stereocenters. The molecule has 3 nitrogen and oxygen atoms in total. The van der Waals surface area contributed by atoms with E-state index in [0.717, 1.165) is 35.6 Å². The summed E-state index contributed by atoms with van der Waals surface area (Å²) in [6, 6.07) is 11.9. The van der Waals surface area contributed by atoms with E-state index in [1.807, 2.05) is 36.4 Å². The van der Waals surface area contributed by atoms with Gasteiger partial charge in [-0.2, -0.15) is 0 Å². The second-order valence-electron chi connectivity index (χ2n) is 5.85. The fourth-order valence-electron chi connectivity index (χ4n) is 2.48. The predicted octanol–water partition coefficient (Wildman–Crippen LogP) is 4.98. The van der Waals surface area contributed by atoms with Crippen LogP contribution in [0.4, 0.5) is 0 Å². The average Bonchev–Trinajstić information content (AvgIpc) is 2.61. The SMILES string of the molecule is CCCCCCCCOc1ccc(-c2ccc(CO)cn2)cc1. The minimum Gasteiger partial charge on any atom is -0.494 e. The minimum atomic E-state index is 0.0263. The summed E-state index contributed by atoms with van der Waals surface area (Å²) < 4.78 is 5.79. The number of aliphatic hydroxyl groups is 1. The van der Waals surface area contributed by atoms with Crippen LogP contribution < -0.4 is 4.74 Å². The Morgan fingerprint density at radius 3 is 2.30 bits per heavy atom. The highest BCUT2D eigenvalue weighted by Gasteiger charge is 2.01. The van der Waals surface area contributed by atoms with Gasteiger partial charge < -0.3 is 9.84 Å². The summed E-state index contributed by atoms with van der Waals surface area (Å²) in [6.45, 7) is 3.05. The maximum Gasteiger partial charge on any atom is 0.119 e. The summed E-state index contributed by atoms with van der Waals surface area (Å²) in [6.07, 6.45) is 9.36. The maximum absolute atomic E-state index is 9.04. The molecular weight excluding hydrogens is 286 g/mol. The fourth-order valence-corrected chi connectivity index (χ4v) is 2.48. The van der Waals surface area contributed by atoms with Crippen LogP contribution >= 0.6 is 0 Å². The van der Waals surface area contributed by atoms with Crippen LogP contribution in [-0.4, -0.2) is 16.7 Å². The molecule has 2 rings (SSSR count). The van der Waals surface area contributed by atoms with Crippen molar-refractivity contribution in [2.45, 2.75) is 52.1 Å². The molecule has 1 heterocycles. The molecule has 3 heteroatoms. The molecule has 0 aliphatic carbocycles. The van der Waals surface area contributed by atoms with Crippen LogP contribution in [0.25, 0.3) is 11.3 Å². The molecule has 1 aromatic carbocycles. The van der Waals surface area contributed by atoms with E-state index in [2.05, 4.69) is 11.9 Å². The Kier molecular flexibility index (Phi) is 7.61. The first-order valence-corrected chi connectivity index (χ1v) is 8.62. The summed E-state index contributed by atoms with van der Waals surface area (Å²) in [5.74, 6) is 0.911. The molecule has 1 N–H and O–H groups in total. The topological polar surface area (TPSA) is 42.4 Å². The van der Waals surface area contributed by atoms with Crippen molar-refractivity contribution >= 4 is 0 Å². The molecule has 2 aromatic rings. The molecule has 0 saturated heterocycles. The minimum absolute atomic E-state index is 0.0263. The number of hydrogen-bond donors (Lipinski definition) is 1. The van der Waals surface area contributed by atoms with Crippen molar-refractivity contribution in [2.75, 3.05) is 6.61 Å². The molecule has 0 spiro atoms. The van der Waals surface area contributed by atoms with E-state index in [9.17, 15) is 0 Å². The highest BCUT2D eigenvalue weighted by Crippen LogP contribution is 2.21. The van der Waals surface area contributed by atoms with E-state index in [1.54, 1.807) is 6.20 Å². The van der Waals surface area contributed by atoms with Crippen molar-refractivity contribution in [3.05, 3.63) is 48.2 Å². The first kappa shape index (κ1) is 17.5. The zero-order valence-corrected chi connectivity index (χ0v) is 14.0. The molecule has 23 heavy (non-hydrogen) atoms. The molecule has 0 fully saturated rings. The Morgan fingerprint density at radius 2 is 1.65 bits per heavy atom. The Morgan fingerprint density at radius 1 is 0.913 bits per heavy atom. The maximum atomic E-state index is 9.04. The van der Waals surface area contributed by atoms with Crippen molar-refractivity contribution in [2.24, 2.45) is 0 Å². The first-order valence-electron chi connectivity index (χ1n) is 8.62. The molecule has 0 unspecified atom stereocenters. The van der Waals surface area contributed by atoms with Crippen LogP contribution in [0.5, 0.6) is 5.75 Å². The smallest absolute Gasteiger partial charge is 0.119 e. The van der Waals surface area contributed by atoms with E-state index in [0.29, 0.717) is 0 Å². The molecule has 1 aromatic heterocycles. The number of aromatic nitrogens is 1. The number of aliphatic hydroxyl groups excluding tert-OH is 1. The lowest BCUT2D eigenvalue weighted by Gasteiger charge is -2.07. The van der Waals surface area contributed by atoms with Gasteiger partial charge in [0.2, 0.25) is 0 Å². The Hall–Kier alpha value is -1.87. The number of pyridine rings is 1. The number of ether oxygens (including phenoxy) is 1. The fraction of sp³-hybridized carbons (Fsp3) is 0.450. The van der Waals surface area contributed by atoms with Crippen LogP contribution in [0.15, 0.2) is 42.6 Å². The lowest BCUT2D eigenvalue weighted by atomic mass is 10.1. The molecule has 0 saturated carbocycles. The molecular formula is C20H27NO2. The second-order valence-corrected chi connectivity index (χ2v) is 5.85. The van der Waals surface area contributed by atoms with Gasteiger partial charge in [-0.1, -0.05) is 45.1 Å². The van der Waals surface area contributed by atoms with Gasteiger partial charge in [0, 0.05) is 11.8 Å². The van der Waals surface area contributed by atoms with Crippen molar-refractivity contribution < 1.29 is 9.84 Å². The number of rotatable bonds is 10. The molecule has 0 bridgehead atoms. The quantitative estimate of drug-likeness (QED) is 0.629. The molecule has 0 aliphatic heterocycles. The molecule has 0 amide bonds. The zero-order chi connectivity index (χ0) is 16.3. The van der Waals surface area contributed by atoms with Gasteiger partial charge in [0.15, 0.2) is 0 Å². The van der Waals surface area contributed by atoms with Crippen molar-refractivity contribution in [1.29, 1.82) is 0 Å². The monoisotopic (exact) mass is 313 g/mol. The van der Waals surface area contributed by atoms with Gasteiger partial charge in [0.1, 0.15) is 5.75 Å². The van der Waals surface area contributed by atoms with Crippen molar-refractivity contribution in [3.63, 3.8) is 0 Å². The Labute approximate surface area is 139 Å². The normalized spacial score (nSPS) is 10.7. The third-order valence-corrected chi connectivity index (χ3v) is 3.92. The number of nitrogens with zero attached hydrogens (tertiary/aromatic N) is 1. The van der Waals surface area contributed by atoms with Gasteiger partial charge in [-0.15, -0.1) is 0 Å². The average molecular weight is 313 g/mol. The standard InChI is InChI=1S/C20H27NO2/c1-2-3-4-5-6-7-14-23-19-11-9-18(10-12-19)20-13-8-17(16-22)15-21-20/h8-13,15,22H,2-7,14,16H2,1H3. The van der Waals surface area contributed by atoms with Gasteiger partial charge in [0.05, 0.1) is 18.9 Å². The summed E-state index contributed by atoms with van der Waals surface area (Å²) >= 11 is 0. The number of benzene rings is 1. The Balaban J connectivity index is 1.75. The Bertz CT molecular complexity index is 549. The molecule has 0 aliphatic rings. The lowest BCUT2D eigenvalue weighted by molar-refractivity contribution is 0.281. The molecule has 0 radical (unpaired) electrons. The van der Waals surface area contributed by atoms with Crippen LogP contribution in [0, 0.1) is 0 Å². The van der Waals surface area contributed by atoms with Gasteiger partial charge in [-0.05, 0) is 42.3 Å².